The Bertz CT molecular complexity index is 1330. The molecule has 34 heavy (non-hydrogen) atoms. The highest BCUT2D eigenvalue weighted by Gasteiger charge is 2.37. The average molecular weight is 468 g/mol. The van der Waals surface area contributed by atoms with Crippen LogP contribution in [0.5, 0.6) is 0 Å². The molecule has 0 spiro atoms. The van der Waals surface area contributed by atoms with E-state index in [1.165, 1.54) is 16.7 Å². The van der Waals surface area contributed by atoms with Crippen LogP contribution in [-0.2, 0) is 0 Å². The molecule has 2 bridgehead atoms. The zero-order chi connectivity index (χ0) is 23.2. The van der Waals surface area contributed by atoms with Gasteiger partial charge in [0.05, 0.1) is 10.2 Å². The van der Waals surface area contributed by atoms with Crippen LogP contribution in [0.25, 0.3) is 21.3 Å². The molecule has 4 aromatic rings. The minimum Gasteiger partial charge on any atom is -0.347 e. The van der Waals surface area contributed by atoms with Crippen LogP contribution in [0.3, 0.4) is 0 Å². The molecule has 172 valence electrons. The van der Waals surface area contributed by atoms with Gasteiger partial charge in [0, 0.05) is 31.7 Å². The van der Waals surface area contributed by atoms with Gasteiger partial charge in [0.2, 0.25) is 0 Å². The number of aryl methyl sites for hydroxylation is 2. The quantitative estimate of drug-likeness (QED) is 0.361. The molecule has 3 heterocycles. The number of thiazole rings is 1. The normalized spacial score (nSPS) is 20.1. The van der Waals surface area contributed by atoms with E-state index < -0.39 is 0 Å². The van der Waals surface area contributed by atoms with Gasteiger partial charge < -0.3 is 9.80 Å². The molecule has 1 aromatic heterocycles. The van der Waals surface area contributed by atoms with E-state index in [1.807, 2.05) is 0 Å². The summed E-state index contributed by atoms with van der Waals surface area (Å²) in [7, 11) is 0. The summed E-state index contributed by atoms with van der Waals surface area (Å²) < 4.78 is 1.24. The topological polar surface area (TPSA) is 36.4 Å². The van der Waals surface area contributed by atoms with Gasteiger partial charge in [0.25, 0.3) is 5.91 Å². The summed E-state index contributed by atoms with van der Waals surface area (Å²) in [4.78, 5) is 23.3. The van der Waals surface area contributed by atoms with Gasteiger partial charge in [-0.3, -0.25) is 4.79 Å². The molecular formula is C29H29N3OS. The van der Waals surface area contributed by atoms with Crippen molar-refractivity contribution < 1.29 is 4.79 Å². The molecule has 4 nitrogen and oxygen atoms in total. The minimum atomic E-state index is 0.170. The van der Waals surface area contributed by atoms with E-state index in [0.717, 1.165) is 59.1 Å². The number of carbonyl (C=O) groups is 1. The summed E-state index contributed by atoms with van der Waals surface area (Å²) in [6.45, 7) is 7.74. The van der Waals surface area contributed by atoms with Gasteiger partial charge in [0.1, 0.15) is 0 Å². The number of hydrogen-bond donors (Lipinski definition) is 0. The van der Waals surface area contributed by atoms with Crippen molar-refractivity contribution in [1.29, 1.82) is 0 Å². The Morgan fingerprint density at radius 2 is 1.65 bits per heavy atom. The fourth-order valence-corrected chi connectivity index (χ4v) is 6.65. The number of rotatable bonds is 3. The van der Waals surface area contributed by atoms with Crippen molar-refractivity contribution in [3.63, 3.8) is 0 Å². The van der Waals surface area contributed by atoms with Crippen LogP contribution in [0, 0.1) is 25.7 Å². The first-order valence-corrected chi connectivity index (χ1v) is 12.9. The van der Waals surface area contributed by atoms with Crippen LogP contribution in [0.4, 0.5) is 5.13 Å². The number of para-hydroxylation sites is 1. The summed E-state index contributed by atoms with van der Waals surface area (Å²) in [6, 6.07) is 23.1. The maximum atomic E-state index is 13.8. The second-order valence-electron chi connectivity index (χ2n) is 9.97. The SMILES string of the molecule is Cc1cccc(-c2ccc(C)cc2C(=O)N2CC3CC(C2)CN(c2nc4ccccc4s2)C3)c1. The Morgan fingerprint density at radius 3 is 2.41 bits per heavy atom. The highest BCUT2D eigenvalue weighted by Crippen LogP contribution is 2.36. The minimum absolute atomic E-state index is 0.170. The van der Waals surface area contributed by atoms with E-state index in [9.17, 15) is 4.79 Å². The summed E-state index contributed by atoms with van der Waals surface area (Å²) in [5.74, 6) is 1.13. The molecule has 0 aliphatic carbocycles. The Hall–Kier alpha value is -3.18. The van der Waals surface area contributed by atoms with Crippen molar-refractivity contribution in [1.82, 2.24) is 9.88 Å². The van der Waals surface area contributed by atoms with E-state index in [4.69, 9.17) is 4.98 Å². The number of anilines is 1. The second-order valence-corrected chi connectivity index (χ2v) is 11.0. The largest absolute Gasteiger partial charge is 0.347 e. The summed E-state index contributed by atoms with van der Waals surface area (Å²) >= 11 is 1.78. The van der Waals surface area contributed by atoms with E-state index in [1.54, 1.807) is 11.3 Å². The van der Waals surface area contributed by atoms with Crippen LogP contribution in [-0.4, -0.2) is 42.0 Å². The third kappa shape index (κ3) is 3.98. The van der Waals surface area contributed by atoms with E-state index in [0.29, 0.717) is 11.8 Å². The molecule has 5 heteroatoms. The lowest BCUT2D eigenvalue weighted by Crippen LogP contribution is -2.54. The van der Waals surface area contributed by atoms with Gasteiger partial charge in [0.15, 0.2) is 5.13 Å². The predicted octanol–water partition coefficient (Wildman–Crippen LogP) is 6.18. The fraction of sp³-hybridized carbons (Fsp3) is 0.310. The molecule has 0 N–H and O–H groups in total. The average Bonchev–Trinajstić information content (AvgIpc) is 3.27. The summed E-state index contributed by atoms with van der Waals surface area (Å²) in [6.07, 6.45) is 1.20. The Balaban J connectivity index is 1.24. The van der Waals surface area contributed by atoms with E-state index in [-0.39, 0.29) is 5.91 Å². The summed E-state index contributed by atoms with van der Waals surface area (Å²) in [5, 5.41) is 1.12. The number of benzene rings is 3. The van der Waals surface area contributed by atoms with Crippen LogP contribution < -0.4 is 4.90 Å². The molecule has 0 radical (unpaired) electrons. The van der Waals surface area contributed by atoms with Gasteiger partial charge in [-0.15, -0.1) is 0 Å². The first-order valence-electron chi connectivity index (χ1n) is 12.1. The molecule has 2 atom stereocenters. The molecule has 2 fully saturated rings. The van der Waals surface area contributed by atoms with Crippen molar-refractivity contribution in [2.24, 2.45) is 11.8 Å². The van der Waals surface area contributed by atoms with Gasteiger partial charge in [-0.2, -0.15) is 0 Å². The summed E-state index contributed by atoms with van der Waals surface area (Å²) in [5.41, 5.74) is 6.39. The first kappa shape index (κ1) is 21.4. The van der Waals surface area contributed by atoms with Crippen LogP contribution in [0.15, 0.2) is 66.7 Å². The first-order chi connectivity index (χ1) is 16.5. The molecule has 1 amide bonds. The second kappa shape index (κ2) is 8.55. The van der Waals surface area contributed by atoms with Gasteiger partial charge in [-0.1, -0.05) is 71.0 Å². The highest BCUT2D eigenvalue weighted by atomic mass is 32.1. The van der Waals surface area contributed by atoms with Crippen molar-refractivity contribution in [3.05, 3.63) is 83.4 Å². The number of nitrogens with zero attached hydrogens (tertiary/aromatic N) is 3. The molecule has 2 aliphatic heterocycles. The van der Waals surface area contributed by atoms with Gasteiger partial charge >= 0.3 is 0 Å². The third-order valence-electron chi connectivity index (χ3n) is 7.16. The molecule has 6 rings (SSSR count). The molecule has 0 saturated carbocycles. The van der Waals surface area contributed by atoms with Crippen molar-refractivity contribution in [2.45, 2.75) is 20.3 Å². The van der Waals surface area contributed by atoms with Crippen LogP contribution >= 0.6 is 11.3 Å². The van der Waals surface area contributed by atoms with Crippen LogP contribution in [0.2, 0.25) is 0 Å². The predicted molar refractivity (Wildman–Crippen MR) is 141 cm³/mol. The maximum Gasteiger partial charge on any atom is 0.254 e. The van der Waals surface area contributed by atoms with E-state index >= 15 is 0 Å². The Kier molecular flexibility index (Phi) is 5.37. The third-order valence-corrected chi connectivity index (χ3v) is 8.25. The molecule has 3 aromatic carbocycles. The van der Waals surface area contributed by atoms with Crippen molar-refractivity contribution >= 4 is 32.6 Å². The molecule has 2 saturated heterocycles. The van der Waals surface area contributed by atoms with Crippen molar-refractivity contribution in [3.8, 4) is 11.1 Å². The molecule has 2 unspecified atom stereocenters. The standard InChI is InChI=1S/C29H29N3OS/c1-19-6-5-7-23(12-19)24-11-10-20(2)13-25(24)28(33)31-15-21-14-22(16-31)18-32(17-21)29-30-26-8-3-4-9-27(26)34-29/h3-13,21-22H,14-18H2,1-2H3. The fourth-order valence-electron chi connectivity index (χ4n) is 5.67. The van der Waals surface area contributed by atoms with Gasteiger partial charge in [-0.25, -0.2) is 4.98 Å². The number of likely N-dealkylation sites (tertiary alicyclic amines) is 1. The van der Waals surface area contributed by atoms with E-state index in [2.05, 4.69) is 90.4 Å². The lowest BCUT2D eigenvalue weighted by molar-refractivity contribution is 0.0565. The smallest absolute Gasteiger partial charge is 0.254 e. The van der Waals surface area contributed by atoms with Crippen molar-refractivity contribution in [2.75, 3.05) is 31.1 Å². The zero-order valence-corrected chi connectivity index (χ0v) is 20.5. The number of fused-ring (bicyclic) bond motifs is 3. The maximum absolute atomic E-state index is 13.8. The lowest BCUT2D eigenvalue weighted by Gasteiger charge is -2.46. The Labute approximate surface area is 204 Å². The number of amides is 1. The number of hydrogen-bond acceptors (Lipinski definition) is 4. The number of aromatic nitrogens is 1. The number of piperidine rings is 2. The lowest BCUT2D eigenvalue weighted by atomic mass is 9.84. The number of carbonyl (C=O) groups excluding carboxylic acids is 1. The molecule has 2 aliphatic rings. The Morgan fingerprint density at radius 1 is 0.882 bits per heavy atom. The monoisotopic (exact) mass is 467 g/mol. The van der Waals surface area contributed by atoms with Crippen LogP contribution in [0.1, 0.15) is 27.9 Å². The molecular weight excluding hydrogens is 438 g/mol. The zero-order valence-electron chi connectivity index (χ0n) is 19.7. The highest BCUT2D eigenvalue weighted by molar-refractivity contribution is 7.22. The van der Waals surface area contributed by atoms with Gasteiger partial charge in [-0.05, 0) is 61.4 Å².